The molecule has 5 heterocycles. The van der Waals surface area contributed by atoms with Gasteiger partial charge in [0.2, 0.25) is 0 Å². The van der Waals surface area contributed by atoms with Crippen molar-refractivity contribution in [1.29, 1.82) is 0 Å². The number of rotatable bonds is 4. The minimum Gasteiger partial charge on any atom is -1.00 e. The molecule has 9 heteroatoms. The van der Waals surface area contributed by atoms with Crippen molar-refractivity contribution in [3.05, 3.63) is 76.1 Å². The molecule has 4 bridgehead atoms. The molecule has 4 saturated heterocycles. The van der Waals surface area contributed by atoms with Crippen molar-refractivity contribution < 1.29 is 30.8 Å². The number of para-hydroxylation sites is 1. The third-order valence-electron chi connectivity index (χ3n) is 6.19. The number of fused-ring (bicyclic) bond motifs is 1. The van der Waals surface area contributed by atoms with Gasteiger partial charge in [0.1, 0.15) is 43.4 Å². The molecular formula is C23H23ClN4O4. The zero-order valence-corrected chi connectivity index (χ0v) is 18.2. The Bertz CT molecular complexity index is 1190. The molecule has 4 fully saturated rings. The van der Waals surface area contributed by atoms with Crippen molar-refractivity contribution in [2.75, 3.05) is 40.0 Å². The highest BCUT2D eigenvalue weighted by Gasteiger charge is 2.48. The van der Waals surface area contributed by atoms with Gasteiger partial charge < -0.3 is 21.6 Å². The fourth-order valence-electron chi connectivity index (χ4n) is 5.26. The van der Waals surface area contributed by atoms with Crippen LogP contribution >= 0.6 is 0 Å². The summed E-state index contributed by atoms with van der Waals surface area (Å²) in [7, 11) is 0. The topological polar surface area (TPSA) is 66.2 Å². The van der Waals surface area contributed by atoms with E-state index in [4.69, 9.17) is 9.15 Å². The van der Waals surface area contributed by atoms with Gasteiger partial charge in [0.15, 0.2) is 0 Å². The van der Waals surface area contributed by atoms with Crippen LogP contribution in [0.4, 0.5) is 0 Å². The van der Waals surface area contributed by atoms with Crippen LogP contribution < -0.4 is 22.8 Å². The van der Waals surface area contributed by atoms with Gasteiger partial charge in [-0.15, -0.1) is 0 Å². The maximum Gasteiger partial charge on any atom is 0.351 e. The SMILES string of the molecule is O=C(Oc1ccccc1)c1cc2cc(C[N+]34CN5CN(CN(C5)C3)C4)ccc2oc1=O.[Cl-]. The van der Waals surface area contributed by atoms with E-state index in [2.05, 4.69) is 14.7 Å². The third kappa shape index (κ3) is 3.80. The Morgan fingerprint density at radius 1 is 0.938 bits per heavy atom. The molecule has 0 saturated carbocycles. The molecule has 2 aromatic carbocycles. The predicted octanol–water partition coefficient (Wildman–Crippen LogP) is -0.975. The van der Waals surface area contributed by atoms with Gasteiger partial charge in [0, 0.05) is 10.9 Å². The maximum absolute atomic E-state index is 12.6. The summed E-state index contributed by atoms with van der Waals surface area (Å²) in [5, 5.41) is 0.729. The van der Waals surface area contributed by atoms with Crippen LogP contribution in [-0.4, -0.2) is 65.2 Å². The molecule has 0 amide bonds. The summed E-state index contributed by atoms with van der Waals surface area (Å²) in [5.74, 6) is -0.322. The summed E-state index contributed by atoms with van der Waals surface area (Å²) in [6.07, 6.45) is 0. The summed E-state index contributed by atoms with van der Waals surface area (Å²) in [4.78, 5) is 32.4. The Morgan fingerprint density at radius 3 is 2.25 bits per heavy atom. The average molecular weight is 455 g/mol. The lowest BCUT2D eigenvalue weighted by Gasteiger charge is -2.60. The minimum absolute atomic E-state index is 0. The van der Waals surface area contributed by atoms with E-state index in [0.717, 1.165) is 62.0 Å². The average Bonchev–Trinajstić information content (AvgIpc) is 2.73. The van der Waals surface area contributed by atoms with Gasteiger partial charge in [-0.25, -0.2) is 24.3 Å². The highest BCUT2D eigenvalue weighted by atomic mass is 35.5. The first kappa shape index (κ1) is 21.1. The van der Waals surface area contributed by atoms with E-state index < -0.39 is 11.6 Å². The molecule has 7 rings (SSSR count). The Labute approximate surface area is 191 Å². The number of hydrogen-bond donors (Lipinski definition) is 0. The monoisotopic (exact) mass is 454 g/mol. The normalized spacial score (nSPS) is 27.8. The minimum atomic E-state index is -0.711. The van der Waals surface area contributed by atoms with Crippen LogP contribution in [0, 0.1) is 0 Å². The molecule has 0 aliphatic carbocycles. The second kappa shape index (κ2) is 7.99. The van der Waals surface area contributed by atoms with Crippen LogP contribution in [0.1, 0.15) is 15.9 Å². The molecule has 166 valence electrons. The van der Waals surface area contributed by atoms with E-state index in [1.54, 1.807) is 30.3 Å². The Hall–Kier alpha value is -2.75. The number of quaternary nitrogens is 1. The molecule has 0 N–H and O–H groups in total. The summed E-state index contributed by atoms with van der Waals surface area (Å²) in [6, 6.07) is 16.2. The number of benzene rings is 2. The highest BCUT2D eigenvalue weighted by Crippen LogP contribution is 2.31. The van der Waals surface area contributed by atoms with Gasteiger partial charge >= 0.3 is 11.6 Å². The molecule has 32 heavy (non-hydrogen) atoms. The van der Waals surface area contributed by atoms with Crippen molar-refractivity contribution in [2.24, 2.45) is 0 Å². The lowest BCUT2D eigenvalue weighted by molar-refractivity contribution is -0.991. The first-order chi connectivity index (χ1) is 15.1. The number of esters is 1. The Balaban J connectivity index is 0.00000216. The Kier molecular flexibility index (Phi) is 5.27. The zero-order valence-electron chi connectivity index (χ0n) is 17.4. The largest absolute Gasteiger partial charge is 1.00 e. The molecule has 0 spiro atoms. The number of halogens is 1. The van der Waals surface area contributed by atoms with Crippen LogP contribution in [0.2, 0.25) is 0 Å². The number of carbonyl (C=O) groups excluding carboxylic acids is 1. The fourth-order valence-corrected chi connectivity index (χ4v) is 5.26. The fraction of sp³-hybridized carbons (Fsp3) is 0.304. The first-order valence-electron chi connectivity index (χ1n) is 10.4. The first-order valence-corrected chi connectivity index (χ1v) is 10.4. The molecule has 4 aliphatic heterocycles. The summed E-state index contributed by atoms with van der Waals surface area (Å²) < 4.78 is 11.7. The molecule has 3 aromatic rings. The van der Waals surface area contributed by atoms with Crippen LogP contribution in [0.25, 0.3) is 11.0 Å². The van der Waals surface area contributed by atoms with Crippen LogP contribution in [0.5, 0.6) is 5.75 Å². The standard InChI is InChI=1S/C23H23N4O4.ClH/c28-22(30-19-4-2-1-3-5-19)20-9-18-8-17(6-7-21(18)31-23(20)29)10-27-14-24-11-25(15-27)13-26(12-24)16-27;/h1-9H,10-16H2;1H/q+1;/p-1. The predicted molar refractivity (Wildman–Crippen MR) is 113 cm³/mol. The summed E-state index contributed by atoms with van der Waals surface area (Å²) >= 11 is 0. The van der Waals surface area contributed by atoms with Gasteiger partial charge in [0.05, 0.1) is 20.0 Å². The van der Waals surface area contributed by atoms with E-state index in [1.165, 1.54) is 0 Å². The van der Waals surface area contributed by atoms with Crippen molar-refractivity contribution in [2.45, 2.75) is 6.54 Å². The summed E-state index contributed by atoms with van der Waals surface area (Å²) in [5.41, 5.74) is 0.848. The Morgan fingerprint density at radius 2 is 1.59 bits per heavy atom. The lowest BCUT2D eigenvalue weighted by Crippen LogP contribution is -3.00. The number of ether oxygens (including phenoxy) is 1. The van der Waals surface area contributed by atoms with E-state index in [1.807, 2.05) is 24.3 Å². The molecular weight excluding hydrogens is 432 g/mol. The quantitative estimate of drug-likeness (QED) is 0.217. The third-order valence-corrected chi connectivity index (χ3v) is 6.19. The maximum atomic E-state index is 12.6. The number of hydrogen-bond acceptors (Lipinski definition) is 7. The van der Waals surface area contributed by atoms with E-state index in [0.29, 0.717) is 11.3 Å². The van der Waals surface area contributed by atoms with E-state index in [9.17, 15) is 9.59 Å². The van der Waals surface area contributed by atoms with Gasteiger partial charge in [-0.05, 0) is 36.4 Å². The van der Waals surface area contributed by atoms with Gasteiger partial charge in [-0.3, -0.25) is 4.48 Å². The second-order valence-electron chi connectivity index (χ2n) is 8.88. The second-order valence-corrected chi connectivity index (χ2v) is 8.88. The van der Waals surface area contributed by atoms with Gasteiger partial charge in [-0.1, -0.05) is 18.2 Å². The molecule has 0 radical (unpaired) electrons. The smallest absolute Gasteiger partial charge is 0.351 e. The van der Waals surface area contributed by atoms with Crippen LogP contribution in [0.3, 0.4) is 0 Å². The summed E-state index contributed by atoms with van der Waals surface area (Å²) in [6.45, 7) is 7.17. The number of carbonyl (C=O) groups is 1. The molecule has 1 aromatic heterocycles. The molecule has 8 nitrogen and oxygen atoms in total. The van der Waals surface area contributed by atoms with Gasteiger partial charge in [0.25, 0.3) is 0 Å². The van der Waals surface area contributed by atoms with Gasteiger partial charge in [-0.2, -0.15) is 0 Å². The van der Waals surface area contributed by atoms with Crippen molar-refractivity contribution in [3.63, 3.8) is 0 Å². The molecule has 4 aliphatic rings. The number of nitrogens with zero attached hydrogens (tertiary/aromatic N) is 4. The van der Waals surface area contributed by atoms with Crippen molar-refractivity contribution >= 4 is 16.9 Å². The van der Waals surface area contributed by atoms with Crippen LogP contribution in [-0.2, 0) is 6.54 Å². The van der Waals surface area contributed by atoms with Crippen LogP contribution in [0.15, 0.2) is 63.8 Å². The van der Waals surface area contributed by atoms with E-state index >= 15 is 0 Å². The highest BCUT2D eigenvalue weighted by molar-refractivity contribution is 5.94. The van der Waals surface area contributed by atoms with Crippen molar-refractivity contribution in [3.8, 4) is 5.75 Å². The molecule has 0 atom stereocenters. The van der Waals surface area contributed by atoms with E-state index in [-0.39, 0.29) is 18.0 Å². The van der Waals surface area contributed by atoms with Crippen molar-refractivity contribution in [1.82, 2.24) is 14.7 Å². The zero-order chi connectivity index (χ0) is 21.0. The molecule has 0 unspecified atom stereocenters. The lowest BCUT2D eigenvalue weighted by atomic mass is 10.1.